The number of rotatable bonds is 4. The van der Waals surface area contributed by atoms with E-state index in [1.807, 2.05) is 0 Å². The van der Waals surface area contributed by atoms with E-state index < -0.39 is 29.4 Å². The molecule has 4 nitrogen and oxygen atoms in total. The summed E-state index contributed by atoms with van der Waals surface area (Å²) in [6.07, 6.45) is -6.47. The molecule has 1 aromatic carbocycles. The smallest absolute Gasteiger partial charge is 0.417 e. The highest BCUT2D eigenvalue weighted by Crippen LogP contribution is 2.31. The molecule has 1 aliphatic carbocycles. The van der Waals surface area contributed by atoms with E-state index in [1.54, 1.807) is 0 Å². The second-order valence-electron chi connectivity index (χ2n) is 7.03. The molecule has 0 aliphatic heterocycles. The molecule has 0 radical (unpaired) electrons. The van der Waals surface area contributed by atoms with Crippen LogP contribution in [0.15, 0.2) is 42.6 Å². The zero-order valence-electron chi connectivity index (χ0n) is 15.6. The Kier molecular flexibility index (Phi) is 6.23. The second kappa shape index (κ2) is 8.53. The molecule has 1 amide bonds. The largest absolute Gasteiger partial charge is 0.474 e. The number of benzene rings is 1. The predicted molar refractivity (Wildman–Crippen MR) is 94.8 cm³/mol. The first-order valence-electron chi connectivity index (χ1n) is 9.20. The minimum atomic E-state index is -4.53. The summed E-state index contributed by atoms with van der Waals surface area (Å²) in [4.78, 5) is 15.9. The molecule has 10 heteroatoms. The Morgan fingerprint density at radius 2 is 1.60 bits per heavy atom. The van der Waals surface area contributed by atoms with Crippen molar-refractivity contribution in [3.8, 4) is 5.88 Å². The van der Waals surface area contributed by atoms with Gasteiger partial charge in [0.05, 0.1) is 11.1 Å². The first kappa shape index (κ1) is 21.9. The van der Waals surface area contributed by atoms with Crippen molar-refractivity contribution in [2.24, 2.45) is 0 Å². The Hall–Kier alpha value is -2.78. The SMILES string of the molecule is O=C(NC1CCC(Oc2ccc(C(F)(F)F)cn2)CC1)c1cccc(C(F)(F)F)c1. The molecular formula is C20H18F6N2O2. The number of pyridine rings is 1. The number of amides is 1. The summed E-state index contributed by atoms with van der Waals surface area (Å²) in [6, 6.07) is 6.02. The van der Waals surface area contributed by atoms with Crippen molar-refractivity contribution in [2.75, 3.05) is 0 Å². The summed E-state index contributed by atoms with van der Waals surface area (Å²) < 4.78 is 81.6. The Bertz CT molecular complexity index is 872. The van der Waals surface area contributed by atoms with Crippen LogP contribution >= 0.6 is 0 Å². The molecule has 0 saturated heterocycles. The Balaban J connectivity index is 1.50. The number of hydrogen-bond donors (Lipinski definition) is 1. The molecule has 0 unspecified atom stereocenters. The molecule has 0 spiro atoms. The van der Waals surface area contributed by atoms with E-state index in [0.29, 0.717) is 31.9 Å². The number of hydrogen-bond acceptors (Lipinski definition) is 3. The molecule has 30 heavy (non-hydrogen) atoms. The fraction of sp³-hybridized carbons (Fsp3) is 0.400. The second-order valence-corrected chi connectivity index (χ2v) is 7.03. The van der Waals surface area contributed by atoms with Gasteiger partial charge in [-0.15, -0.1) is 0 Å². The van der Waals surface area contributed by atoms with Gasteiger partial charge in [0, 0.05) is 23.9 Å². The van der Waals surface area contributed by atoms with Crippen molar-refractivity contribution in [2.45, 2.75) is 50.2 Å². The quantitative estimate of drug-likeness (QED) is 0.673. The van der Waals surface area contributed by atoms with Crippen LogP contribution in [0.1, 0.15) is 47.2 Å². The van der Waals surface area contributed by atoms with Crippen molar-refractivity contribution in [3.05, 3.63) is 59.3 Å². The van der Waals surface area contributed by atoms with Gasteiger partial charge in [-0.3, -0.25) is 4.79 Å². The van der Waals surface area contributed by atoms with Crippen LogP contribution in [-0.4, -0.2) is 23.0 Å². The normalized spacial score (nSPS) is 19.9. The minimum Gasteiger partial charge on any atom is -0.474 e. The van der Waals surface area contributed by atoms with Crippen molar-refractivity contribution in [1.82, 2.24) is 10.3 Å². The summed E-state index contributed by atoms with van der Waals surface area (Å²) in [6.45, 7) is 0. The van der Waals surface area contributed by atoms with Crippen LogP contribution in [-0.2, 0) is 12.4 Å². The van der Waals surface area contributed by atoms with Gasteiger partial charge in [0.2, 0.25) is 5.88 Å². The molecular weight excluding hydrogens is 414 g/mol. The lowest BCUT2D eigenvalue weighted by molar-refractivity contribution is -0.138. The lowest BCUT2D eigenvalue weighted by Gasteiger charge is -2.29. The van der Waals surface area contributed by atoms with Gasteiger partial charge in [-0.25, -0.2) is 4.98 Å². The van der Waals surface area contributed by atoms with E-state index in [4.69, 9.17) is 4.74 Å². The van der Waals surface area contributed by atoms with Gasteiger partial charge in [-0.2, -0.15) is 26.3 Å². The average Bonchev–Trinajstić information content (AvgIpc) is 2.69. The van der Waals surface area contributed by atoms with Crippen LogP contribution in [0.4, 0.5) is 26.3 Å². The molecule has 1 aromatic heterocycles. The summed E-state index contributed by atoms with van der Waals surface area (Å²) in [5, 5.41) is 2.72. The zero-order valence-corrected chi connectivity index (χ0v) is 15.6. The molecule has 1 heterocycles. The topological polar surface area (TPSA) is 51.2 Å². The van der Waals surface area contributed by atoms with Crippen LogP contribution in [0.5, 0.6) is 5.88 Å². The van der Waals surface area contributed by atoms with Crippen LogP contribution in [0.3, 0.4) is 0 Å². The Morgan fingerprint density at radius 1 is 0.933 bits per heavy atom. The minimum absolute atomic E-state index is 0.0721. The van der Waals surface area contributed by atoms with E-state index in [9.17, 15) is 31.1 Å². The van der Waals surface area contributed by atoms with Gasteiger partial charge >= 0.3 is 12.4 Å². The molecule has 3 rings (SSSR count). The summed E-state index contributed by atoms with van der Waals surface area (Å²) >= 11 is 0. The van der Waals surface area contributed by atoms with Crippen LogP contribution < -0.4 is 10.1 Å². The van der Waals surface area contributed by atoms with Crippen LogP contribution in [0.25, 0.3) is 0 Å². The highest BCUT2D eigenvalue weighted by molar-refractivity contribution is 5.94. The number of carbonyl (C=O) groups is 1. The third-order valence-electron chi connectivity index (χ3n) is 4.81. The number of carbonyl (C=O) groups excluding carboxylic acids is 1. The summed E-state index contributed by atoms with van der Waals surface area (Å²) in [5.74, 6) is -0.505. The number of nitrogens with one attached hydrogen (secondary N) is 1. The predicted octanol–water partition coefficient (Wildman–Crippen LogP) is 5.24. The standard InChI is InChI=1S/C20H18F6N2O2/c21-19(22,23)13-3-1-2-12(10-13)18(29)28-15-5-7-16(8-6-15)30-17-9-4-14(11-27-17)20(24,25)26/h1-4,9-11,15-16H,5-8H2,(H,28,29). The molecule has 1 saturated carbocycles. The van der Waals surface area contributed by atoms with Crippen molar-refractivity contribution in [1.29, 1.82) is 0 Å². The van der Waals surface area contributed by atoms with Gasteiger partial charge in [0.25, 0.3) is 5.91 Å². The highest BCUT2D eigenvalue weighted by atomic mass is 19.4. The average molecular weight is 432 g/mol. The zero-order chi connectivity index (χ0) is 21.9. The number of halogens is 6. The summed E-state index contributed by atoms with van der Waals surface area (Å²) in [7, 11) is 0. The molecule has 1 N–H and O–H groups in total. The monoisotopic (exact) mass is 432 g/mol. The maximum Gasteiger partial charge on any atom is 0.417 e. The van der Waals surface area contributed by atoms with E-state index in [0.717, 1.165) is 24.3 Å². The van der Waals surface area contributed by atoms with Gasteiger partial charge < -0.3 is 10.1 Å². The first-order valence-corrected chi connectivity index (χ1v) is 9.20. The fourth-order valence-corrected chi connectivity index (χ4v) is 3.22. The number of ether oxygens (including phenoxy) is 1. The Labute approximate surface area is 168 Å². The maximum atomic E-state index is 12.8. The molecule has 1 fully saturated rings. The fourth-order valence-electron chi connectivity index (χ4n) is 3.22. The van der Waals surface area contributed by atoms with E-state index in [2.05, 4.69) is 10.3 Å². The van der Waals surface area contributed by atoms with Crippen LogP contribution in [0, 0.1) is 0 Å². The number of aromatic nitrogens is 1. The van der Waals surface area contributed by atoms with Gasteiger partial charge in [0.15, 0.2) is 0 Å². The van der Waals surface area contributed by atoms with E-state index in [1.165, 1.54) is 12.1 Å². The van der Waals surface area contributed by atoms with Crippen LogP contribution in [0.2, 0.25) is 0 Å². The maximum absolute atomic E-state index is 12.8. The molecule has 0 bridgehead atoms. The molecule has 2 aromatic rings. The van der Waals surface area contributed by atoms with E-state index >= 15 is 0 Å². The van der Waals surface area contributed by atoms with Crippen molar-refractivity contribution in [3.63, 3.8) is 0 Å². The van der Waals surface area contributed by atoms with Crippen molar-refractivity contribution >= 4 is 5.91 Å². The first-order chi connectivity index (χ1) is 14.0. The Morgan fingerprint density at radius 3 is 2.17 bits per heavy atom. The lowest BCUT2D eigenvalue weighted by Crippen LogP contribution is -2.39. The van der Waals surface area contributed by atoms with Gasteiger partial charge in [-0.05, 0) is 49.9 Å². The van der Waals surface area contributed by atoms with Gasteiger partial charge in [0.1, 0.15) is 6.10 Å². The molecule has 1 aliphatic rings. The van der Waals surface area contributed by atoms with Gasteiger partial charge in [-0.1, -0.05) is 6.07 Å². The number of alkyl halides is 6. The third kappa shape index (κ3) is 5.64. The molecule has 0 atom stereocenters. The number of nitrogens with zero attached hydrogens (tertiary/aromatic N) is 1. The lowest BCUT2D eigenvalue weighted by atomic mass is 9.92. The highest BCUT2D eigenvalue weighted by Gasteiger charge is 2.32. The van der Waals surface area contributed by atoms with Crippen molar-refractivity contribution < 1.29 is 35.9 Å². The third-order valence-corrected chi connectivity index (χ3v) is 4.81. The molecule has 162 valence electrons. The summed E-state index contributed by atoms with van der Waals surface area (Å²) in [5.41, 5.74) is -1.83. The van der Waals surface area contributed by atoms with E-state index in [-0.39, 0.29) is 23.6 Å².